The van der Waals surface area contributed by atoms with Crippen molar-refractivity contribution in [3.8, 4) is 0 Å². The van der Waals surface area contributed by atoms with Gasteiger partial charge in [0.2, 0.25) is 0 Å². The number of rotatable bonds is 5. The van der Waals surface area contributed by atoms with Gasteiger partial charge < -0.3 is 4.90 Å². The van der Waals surface area contributed by atoms with E-state index >= 15 is 0 Å². The van der Waals surface area contributed by atoms with E-state index in [1.807, 2.05) is 12.3 Å². The monoisotopic (exact) mass is 239 g/mol. The fraction of sp³-hybridized carbons (Fsp3) is 0.429. The van der Waals surface area contributed by atoms with Crippen molar-refractivity contribution in [2.45, 2.75) is 39.3 Å². The minimum Gasteiger partial charge on any atom is -0.369 e. The van der Waals surface area contributed by atoms with Gasteiger partial charge in [0.15, 0.2) is 0 Å². The largest absolute Gasteiger partial charge is 0.369 e. The normalized spacial score (nSPS) is 10.4. The molecular formula is C14H22ClN. The number of hydrogen-bond acceptors (Lipinski definition) is 1. The molecule has 0 aromatic heterocycles. The van der Waals surface area contributed by atoms with Gasteiger partial charge in [0.25, 0.3) is 0 Å². The van der Waals surface area contributed by atoms with E-state index in [4.69, 9.17) is 0 Å². The summed E-state index contributed by atoms with van der Waals surface area (Å²) in [5, 5.41) is 0. The third kappa shape index (κ3) is 3.90. The molecule has 0 radical (unpaired) electrons. The van der Waals surface area contributed by atoms with Gasteiger partial charge in [-0.3, -0.25) is 0 Å². The van der Waals surface area contributed by atoms with E-state index in [1.165, 1.54) is 5.56 Å². The Labute approximate surface area is 106 Å². The average molecular weight is 240 g/mol. The summed E-state index contributed by atoms with van der Waals surface area (Å²) in [5.74, 6) is 0. The predicted molar refractivity (Wildman–Crippen MR) is 73.8 cm³/mol. The zero-order valence-corrected chi connectivity index (χ0v) is 11.3. The van der Waals surface area contributed by atoms with Gasteiger partial charge in [-0.05, 0) is 32.0 Å². The Hall–Kier alpha value is -0.950. The molecule has 1 aromatic carbocycles. The van der Waals surface area contributed by atoms with E-state index in [9.17, 15) is 0 Å². The van der Waals surface area contributed by atoms with E-state index in [1.54, 1.807) is 0 Å². The molecule has 0 unspecified atom stereocenters. The molecule has 16 heavy (non-hydrogen) atoms. The molecular weight excluding hydrogens is 218 g/mol. The van der Waals surface area contributed by atoms with Crippen molar-refractivity contribution in [3.05, 3.63) is 48.7 Å². The van der Waals surface area contributed by atoms with Gasteiger partial charge in [-0.1, -0.05) is 43.8 Å². The van der Waals surface area contributed by atoms with Crippen LogP contribution in [0.15, 0.2) is 43.1 Å². The molecule has 0 aliphatic heterocycles. The number of benzene rings is 1. The van der Waals surface area contributed by atoms with E-state index in [-0.39, 0.29) is 17.9 Å². The zero-order valence-electron chi connectivity index (χ0n) is 10.4. The maximum atomic E-state index is 3.90. The first-order valence-electron chi connectivity index (χ1n) is 5.53. The molecule has 0 heterocycles. The first-order valence-corrected chi connectivity index (χ1v) is 5.53. The second-order valence-electron chi connectivity index (χ2n) is 4.46. The summed E-state index contributed by atoms with van der Waals surface area (Å²) >= 11 is 0. The molecule has 0 N–H and O–H groups in total. The topological polar surface area (TPSA) is 3.24 Å². The van der Waals surface area contributed by atoms with Crippen LogP contribution in [0.1, 0.15) is 32.8 Å². The fourth-order valence-electron chi connectivity index (χ4n) is 1.51. The molecule has 1 nitrogen and oxygen atoms in total. The average Bonchev–Trinajstić information content (AvgIpc) is 2.27. The molecule has 0 saturated carbocycles. The zero-order chi connectivity index (χ0) is 11.3. The van der Waals surface area contributed by atoms with E-state index in [0.717, 1.165) is 13.0 Å². The Morgan fingerprint density at radius 1 is 1.25 bits per heavy atom. The van der Waals surface area contributed by atoms with Crippen LogP contribution < -0.4 is 0 Å². The Balaban J connectivity index is 0.00000225. The summed E-state index contributed by atoms with van der Waals surface area (Å²) < 4.78 is 0. The highest BCUT2D eigenvalue weighted by Crippen LogP contribution is 2.21. The van der Waals surface area contributed by atoms with Crippen molar-refractivity contribution >= 4 is 12.4 Å². The molecule has 1 aromatic rings. The second-order valence-corrected chi connectivity index (χ2v) is 4.46. The Kier molecular flexibility index (Phi) is 6.20. The van der Waals surface area contributed by atoms with Crippen LogP contribution in [0.2, 0.25) is 0 Å². The van der Waals surface area contributed by atoms with Gasteiger partial charge in [0, 0.05) is 12.1 Å². The molecule has 0 amide bonds. The summed E-state index contributed by atoms with van der Waals surface area (Å²) in [7, 11) is 0. The summed E-state index contributed by atoms with van der Waals surface area (Å²) in [6.07, 6.45) is 3.06. The second kappa shape index (κ2) is 6.59. The summed E-state index contributed by atoms with van der Waals surface area (Å²) in [4.78, 5) is 2.29. The Morgan fingerprint density at radius 3 is 2.25 bits per heavy atom. The maximum Gasteiger partial charge on any atom is 0.0429 e. The highest BCUT2D eigenvalue weighted by molar-refractivity contribution is 5.85. The van der Waals surface area contributed by atoms with Crippen molar-refractivity contribution < 1.29 is 0 Å². The molecule has 1 rings (SSSR count). The van der Waals surface area contributed by atoms with E-state index in [0.29, 0.717) is 0 Å². The SMILES string of the molecule is C=CN(Cc1ccccc1)C(C)(C)CC.Cl. The lowest BCUT2D eigenvalue weighted by Gasteiger charge is -2.37. The molecule has 0 fully saturated rings. The van der Waals surface area contributed by atoms with Gasteiger partial charge in [-0.25, -0.2) is 0 Å². The van der Waals surface area contributed by atoms with Crippen molar-refractivity contribution in [2.24, 2.45) is 0 Å². The number of hydrogen-bond donors (Lipinski definition) is 0. The fourth-order valence-corrected chi connectivity index (χ4v) is 1.51. The Morgan fingerprint density at radius 2 is 1.81 bits per heavy atom. The van der Waals surface area contributed by atoms with Crippen LogP contribution in [0.3, 0.4) is 0 Å². The summed E-state index contributed by atoms with van der Waals surface area (Å²) in [6, 6.07) is 10.5. The van der Waals surface area contributed by atoms with Crippen molar-refractivity contribution in [1.82, 2.24) is 4.90 Å². The lowest BCUT2D eigenvalue weighted by molar-refractivity contribution is 0.171. The van der Waals surface area contributed by atoms with Crippen LogP contribution >= 0.6 is 12.4 Å². The van der Waals surface area contributed by atoms with Crippen LogP contribution in [0.4, 0.5) is 0 Å². The molecule has 0 atom stereocenters. The molecule has 0 aliphatic carbocycles. The first kappa shape index (κ1) is 15.0. The molecule has 90 valence electrons. The standard InChI is InChI=1S/C14H21N.ClH/c1-5-14(3,4)15(6-2)12-13-10-8-7-9-11-13;/h6-11H,2,5,12H2,1,3-4H3;1H. The van der Waals surface area contributed by atoms with E-state index < -0.39 is 0 Å². The highest BCUT2D eigenvalue weighted by atomic mass is 35.5. The van der Waals surface area contributed by atoms with Gasteiger partial charge >= 0.3 is 0 Å². The van der Waals surface area contributed by atoms with Crippen molar-refractivity contribution in [3.63, 3.8) is 0 Å². The van der Waals surface area contributed by atoms with Crippen molar-refractivity contribution in [1.29, 1.82) is 0 Å². The minimum absolute atomic E-state index is 0. The number of nitrogens with zero attached hydrogens (tertiary/aromatic N) is 1. The maximum absolute atomic E-state index is 3.90. The highest BCUT2D eigenvalue weighted by Gasteiger charge is 2.21. The molecule has 0 spiro atoms. The van der Waals surface area contributed by atoms with Crippen LogP contribution in [0.25, 0.3) is 0 Å². The van der Waals surface area contributed by atoms with Gasteiger partial charge in [0.1, 0.15) is 0 Å². The van der Waals surface area contributed by atoms with Gasteiger partial charge in [-0.2, -0.15) is 0 Å². The first-order chi connectivity index (χ1) is 7.10. The Bertz CT molecular complexity index is 306. The van der Waals surface area contributed by atoms with Crippen molar-refractivity contribution in [2.75, 3.05) is 0 Å². The smallest absolute Gasteiger partial charge is 0.0429 e. The molecule has 0 saturated heterocycles. The van der Waals surface area contributed by atoms with Gasteiger partial charge in [-0.15, -0.1) is 12.4 Å². The lowest BCUT2D eigenvalue weighted by atomic mass is 9.99. The molecule has 0 aliphatic rings. The van der Waals surface area contributed by atoms with Crippen LogP contribution in [0, 0.1) is 0 Å². The van der Waals surface area contributed by atoms with E-state index in [2.05, 4.69) is 56.5 Å². The predicted octanol–water partition coefficient (Wildman–Crippen LogP) is 4.24. The summed E-state index contributed by atoms with van der Waals surface area (Å²) in [6.45, 7) is 11.5. The quantitative estimate of drug-likeness (QED) is 0.743. The third-order valence-corrected chi connectivity index (χ3v) is 3.06. The third-order valence-electron chi connectivity index (χ3n) is 3.06. The molecule has 2 heteroatoms. The summed E-state index contributed by atoms with van der Waals surface area (Å²) in [5.41, 5.74) is 1.51. The van der Waals surface area contributed by atoms with Crippen LogP contribution in [0.5, 0.6) is 0 Å². The van der Waals surface area contributed by atoms with Gasteiger partial charge in [0.05, 0.1) is 0 Å². The van der Waals surface area contributed by atoms with Crippen LogP contribution in [-0.4, -0.2) is 10.4 Å². The van der Waals surface area contributed by atoms with Crippen LogP contribution in [-0.2, 0) is 6.54 Å². The number of halogens is 1. The molecule has 0 bridgehead atoms. The lowest BCUT2D eigenvalue weighted by Crippen LogP contribution is -2.38. The minimum atomic E-state index is 0.